The first-order valence-electron chi connectivity index (χ1n) is 14.7. The molecule has 13 nitrogen and oxygen atoms in total. The van der Waals surface area contributed by atoms with E-state index in [2.05, 4.69) is 21.9 Å². The van der Waals surface area contributed by atoms with Crippen LogP contribution in [0.3, 0.4) is 0 Å². The molecule has 0 bridgehead atoms. The fourth-order valence-corrected chi connectivity index (χ4v) is 4.88. The summed E-state index contributed by atoms with van der Waals surface area (Å²) in [5.41, 5.74) is 0.673. The van der Waals surface area contributed by atoms with E-state index < -0.39 is 67.1 Å². The van der Waals surface area contributed by atoms with Crippen LogP contribution >= 0.6 is 11.6 Å². The molecule has 1 aromatic rings. The second-order valence-corrected chi connectivity index (χ2v) is 11.5. The number of terminal acetylenes is 1. The van der Waals surface area contributed by atoms with E-state index in [0.717, 1.165) is 25.7 Å². The van der Waals surface area contributed by atoms with E-state index in [-0.39, 0.29) is 25.7 Å². The van der Waals surface area contributed by atoms with E-state index in [0.29, 0.717) is 30.0 Å². The molecule has 1 saturated heterocycles. The smallest absolute Gasteiger partial charge is 0.364 e. The first kappa shape index (κ1) is 35.5. The number of ether oxygens (including phenoxy) is 3. The lowest BCUT2D eigenvalue weighted by Gasteiger charge is -2.46. The van der Waals surface area contributed by atoms with E-state index >= 15 is 0 Å². The van der Waals surface area contributed by atoms with E-state index in [1.54, 1.807) is 24.3 Å². The Hall–Kier alpha value is -2.96. The first-order chi connectivity index (χ1) is 21.0. The molecule has 7 N–H and O–H groups in total. The zero-order chi connectivity index (χ0) is 32.1. The third kappa shape index (κ3) is 11.2. The van der Waals surface area contributed by atoms with Crippen molar-refractivity contribution < 1.29 is 49.0 Å². The van der Waals surface area contributed by atoms with Gasteiger partial charge in [-0.1, -0.05) is 42.5 Å². The van der Waals surface area contributed by atoms with Gasteiger partial charge in [-0.3, -0.25) is 4.79 Å². The molecule has 3 amide bonds. The topological polar surface area (TPSA) is 196 Å². The molecular formula is C30H42ClN3O10. The number of unbranched alkanes of at least 4 members (excludes halogenated alkanes) is 3. The molecule has 0 spiro atoms. The number of benzene rings is 1. The second-order valence-electron chi connectivity index (χ2n) is 11.0. The molecular weight excluding hydrogens is 598 g/mol. The summed E-state index contributed by atoms with van der Waals surface area (Å²) in [4.78, 5) is 37.4. The molecule has 244 valence electrons. The third-order valence-corrected chi connectivity index (χ3v) is 7.58. The van der Waals surface area contributed by atoms with Crippen molar-refractivity contribution in [1.29, 1.82) is 0 Å². The van der Waals surface area contributed by atoms with Crippen molar-refractivity contribution in [2.45, 2.75) is 93.7 Å². The SMILES string of the molecule is C#CCOCCCCCCO[C@]1(C(=O)O)C[C@H](O)[C@@H](NC(=O)NC2CC2)[C@H]([C@H](O)[C@H](O)CNC(=O)Cc2ccc(Cl)cc2)O1. The number of nitrogens with one attached hydrogen (secondary N) is 3. The number of hydrogen-bond donors (Lipinski definition) is 7. The number of halogens is 1. The lowest BCUT2D eigenvalue weighted by Crippen LogP contribution is -2.69. The Bertz CT molecular complexity index is 1130. The van der Waals surface area contributed by atoms with Gasteiger partial charge in [0.15, 0.2) is 0 Å². The van der Waals surface area contributed by atoms with Crippen LogP contribution in [0.1, 0.15) is 50.5 Å². The predicted molar refractivity (Wildman–Crippen MR) is 159 cm³/mol. The molecule has 2 aliphatic rings. The molecule has 6 atom stereocenters. The van der Waals surface area contributed by atoms with Crippen LogP contribution in [0.25, 0.3) is 0 Å². The molecule has 44 heavy (non-hydrogen) atoms. The Balaban J connectivity index is 1.63. The minimum absolute atomic E-state index is 0.0158. The van der Waals surface area contributed by atoms with E-state index in [1.165, 1.54) is 0 Å². The average molecular weight is 640 g/mol. The standard InChI is InChI=1S/C30H42ClN3O10/c1-2-13-42-14-5-3-4-6-15-43-30(28(39)40)17-22(35)25(34-29(41)33-21-11-12-21)27(44-30)26(38)23(36)18-32-24(37)16-19-7-9-20(31)10-8-19/h1,7-10,21-23,25-27,35-36,38H,3-6,11-18H2,(H,32,37)(H,39,40)(H2,33,34,41)/t22-,23+,25+,26+,27+,30+/m0/s1. The zero-order valence-electron chi connectivity index (χ0n) is 24.5. The molecule has 3 rings (SSSR count). The minimum atomic E-state index is -2.36. The Morgan fingerprint density at radius 2 is 1.77 bits per heavy atom. The number of urea groups is 1. The maximum Gasteiger partial charge on any atom is 0.364 e. The summed E-state index contributed by atoms with van der Waals surface area (Å²) in [6.07, 6.45) is 2.27. The van der Waals surface area contributed by atoms with Crippen molar-refractivity contribution in [3.8, 4) is 12.3 Å². The van der Waals surface area contributed by atoms with Crippen molar-refractivity contribution in [2.75, 3.05) is 26.4 Å². The summed E-state index contributed by atoms with van der Waals surface area (Å²) in [7, 11) is 0. The lowest BCUT2D eigenvalue weighted by molar-refractivity contribution is -0.310. The number of aliphatic hydroxyl groups is 3. The molecule has 0 unspecified atom stereocenters. The summed E-state index contributed by atoms with van der Waals surface area (Å²) in [6, 6.07) is 4.65. The summed E-state index contributed by atoms with van der Waals surface area (Å²) in [6.45, 7) is 0.290. The quantitative estimate of drug-likeness (QED) is 0.0887. The Morgan fingerprint density at radius 3 is 2.41 bits per heavy atom. The number of rotatable bonds is 18. The fraction of sp³-hybridized carbons (Fsp3) is 0.633. The zero-order valence-corrected chi connectivity index (χ0v) is 25.2. The maximum absolute atomic E-state index is 12.5. The molecule has 0 aromatic heterocycles. The maximum atomic E-state index is 12.5. The van der Waals surface area contributed by atoms with Gasteiger partial charge in [-0.05, 0) is 43.4 Å². The Morgan fingerprint density at radius 1 is 1.09 bits per heavy atom. The van der Waals surface area contributed by atoms with Crippen LogP contribution in [0.15, 0.2) is 24.3 Å². The molecule has 1 heterocycles. The number of hydrogen-bond acceptors (Lipinski definition) is 9. The number of amides is 3. The highest BCUT2D eigenvalue weighted by Gasteiger charge is 2.56. The highest BCUT2D eigenvalue weighted by molar-refractivity contribution is 6.30. The van der Waals surface area contributed by atoms with Gasteiger partial charge >= 0.3 is 12.0 Å². The highest BCUT2D eigenvalue weighted by Crippen LogP contribution is 2.34. The monoisotopic (exact) mass is 639 g/mol. The summed E-state index contributed by atoms with van der Waals surface area (Å²) in [5.74, 6) is -1.96. The highest BCUT2D eigenvalue weighted by atomic mass is 35.5. The largest absolute Gasteiger partial charge is 0.477 e. The van der Waals surface area contributed by atoms with Gasteiger partial charge < -0.3 is 50.6 Å². The number of carboxylic acids is 1. The molecule has 1 aromatic carbocycles. The van der Waals surface area contributed by atoms with Crippen molar-refractivity contribution in [3.63, 3.8) is 0 Å². The summed E-state index contributed by atoms with van der Waals surface area (Å²) in [5, 5.41) is 51.3. The molecule has 2 fully saturated rings. The number of aliphatic carboxylic acids is 1. The van der Waals surface area contributed by atoms with Crippen LogP contribution in [0.4, 0.5) is 4.79 Å². The van der Waals surface area contributed by atoms with Gasteiger partial charge in [0, 0.05) is 30.6 Å². The number of carbonyl (C=O) groups excluding carboxylic acids is 2. The van der Waals surface area contributed by atoms with Gasteiger partial charge in [0.1, 0.15) is 18.8 Å². The Kier molecular flexibility index (Phi) is 14.1. The van der Waals surface area contributed by atoms with Crippen molar-refractivity contribution in [2.24, 2.45) is 0 Å². The molecule has 1 aliphatic carbocycles. The number of carboxylic acid groups (broad SMARTS) is 1. The van der Waals surface area contributed by atoms with Crippen LogP contribution in [-0.2, 0) is 30.2 Å². The second kappa shape index (κ2) is 17.5. The van der Waals surface area contributed by atoms with Crippen LogP contribution in [0, 0.1) is 12.3 Å². The van der Waals surface area contributed by atoms with Crippen LogP contribution in [0.5, 0.6) is 0 Å². The van der Waals surface area contributed by atoms with Crippen LogP contribution in [0.2, 0.25) is 5.02 Å². The Labute approximate surface area is 261 Å². The summed E-state index contributed by atoms with van der Waals surface area (Å²) >= 11 is 5.87. The van der Waals surface area contributed by atoms with Crippen molar-refractivity contribution >= 4 is 29.5 Å². The summed E-state index contributed by atoms with van der Waals surface area (Å²) < 4.78 is 16.7. The van der Waals surface area contributed by atoms with Crippen molar-refractivity contribution in [3.05, 3.63) is 34.9 Å². The molecule has 1 aliphatic heterocycles. The fourth-order valence-electron chi connectivity index (χ4n) is 4.76. The van der Waals surface area contributed by atoms with Gasteiger partial charge in [0.25, 0.3) is 5.79 Å². The lowest BCUT2D eigenvalue weighted by atomic mass is 9.88. The first-order valence-corrected chi connectivity index (χ1v) is 15.1. The van der Waals surface area contributed by atoms with E-state index in [4.69, 9.17) is 32.2 Å². The number of aliphatic hydroxyl groups excluding tert-OH is 3. The van der Waals surface area contributed by atoms with Crippen LogP contribution in [-0.4, -0.2) is 107 Å². The average Bonchev–Trinajstić information content (AvgIpc) is 3.80. The van der Waals surface area contributed by atoms with Gasteiger partial charge in [-0.2, -0.15) is 0 Å². The van der Waals surface area contributed by atoms with E-state index in [9.17, 15) is 34.8 Å². The third-order valence-electron chi connectivity index (χ3n) is 7.33. The van der Waals surface area contributed by atoms with Gasteiger partial charge in [-0.25, -0.2) is 9.59 Å². The predicted octanol–water partition coefficient (Wildman–Crippen LogP) is 0.708. The van der Waals surface area contributed by atoms with Gasteiger partial charge in [0.2, 0.25) is 5.91 Å². The molecule has 14 heteroatoms. The molecule has 1 saturated carbocycles. The van der Waals surface area contributed by atoms with Gasteiger partial charge in [0.05, 0.1) is 31.3 Å². The molecule has 0 radical (unpaired) electrons. The minimum Gasteiger partial charge on any atom is -0.477 e. The number of carbonyl (C=O) groups is 3. The van der Waals surface area contributed by atoms with Crippen LogP contribution < -0.4 is 16.0 Å². The normalized spacial score (nSPS) is 24.5. The van der Waals surface area contributed by atoms with Crippen molar-refractivity contribution in [1.82, 2.24) is 16.0 Å². The van der Waals surface area contributed by atoms with E-state index in [1.807, 2.05) is 0 Å². The van der Waals surface area contributed by atoms with Gasteiger partial charge in [-0.15, -0.1) is 6.42 Å².